The first-order chi connectivity index (χ1) is 8.00. The first-order valence-corrected chi connectivity index (χ1v) is 5.59. The highest BCUT2D eigenvalue weighted by atomic mass is 79.9. The lowest BCUT2D eigenvalue weighted by Crippen LogP contribution is -2.28. The second-order valence-corrected chi connectivity index (χ2v) is 4.37. The van der Waals surface area contributed by atoms with Gasteiger partial charge in [0, 0.05) is 29.4 Å². The second kappa shape index (κ2) is 4.25. The van der Waals surface area contributed by atoms with Crippen molar-refractivity contribution in [1.29, 1.82) is 0 Å². The van der Waals surface area contributed by atoms with Gasteiger partial charge in [-0.2, -0.15) is 0 Å². The van der Waals surface area contributed by atoms with Gasteiger partial charge < -0.3 is 0 Å². The number of nitro benzene ring substituents is 1. The molecule has 0 aromatic heterocycles. The molecule has 0 N–H and O–H groups in total. The number of anilines is 1. The van der Waals surface area contributed by atoms with Crippen molar-refractivity contribution in [2.45, 2.75) is 12.8 Å². The molecule has 7 heteroatoms. The SMILES string of the molecule is O=C1CCC(=O)N1c1ccc([N+](=O)[O-])cc1Br. The summed E-state index contributed by atoms with van der Waals surface area (Å²) in [6.45, 7) is 0. The normalized spacial score (nSPS) is 15.5. The van der Waals surface area contributed by atoms with Crippen LogP contribution in [0.2, 0.25) is 0 Å². The molecule has 1 fully saturated rings. The van der Waals surface area contributed by atoms with Crippen LogP contribution >= 0.6 is 15.9 Å². The quantitative estimate of drug-likeness (QED) is 0.475. The maximum absolute atomic E-state index is 11.5. The lowest BCUT2D eigenvalue weighted by atomic mass is 10.2. The van der Waals surface area contributed by atoms with Gasteiger partial charge in [0.25, 0.3) is 5.69 Å². The van der Waals surface area contributed by atoms with Crippen LogP contribution in [0.3, 0.4) is 0 Å². The Hall–Kier alpha value is -1.76. The van der Waals surface area contributed by atoms with E-state index in [0.29, 0.717) is 10.2 Å². The molecule has 1 aromatic carbocycles. The fourth-order valence-corrected chi connectivity index (χ4v) is 2.18. The van der Waals surface area contributed by atoms with Crippen LogP contribution in [0, 0.1) is 10.1 Å². The third-order valence-corrected chi connectivity index (χ3v) is 3.07. The predicted octanol–water partition coefficient (Wildman–Crippen LogP) is 2.01. The van der Waals surface area contributed by atoms with Crippen molar-refractivity contribution in [2.75, 3.05) is 4.90 Å². The van der Waals surface area contributed by atoms with Gasteiger partial charge in [-0.15, -0.1) is 0 Å². The Morgan fingerprint density at radius 1 is 1.24 bits per heavy atom. The summed E-state index contributed by atoms with van der Waals surface area (Å²) < 4.78 is 0.357. The molecule has 0 radical (unpaired) electrons. The summed E-state index contributed by atoms with van der Waals surface area (Å²) in [6.07, 6.45) is 0.366. The summed E-state index contributed by atoms with van der Waals surface area (Å²) in [5.41, 5.74) is 0.253. The van der Waals surface area contributed by atoms with E-state index < -0.39 is 4.92 Å². The first-order valence-electron chi connectivity index (χ1n) is 4.80. The Bertz CT molecular complexity index is 513. The number of hydrogen-bond acceptors (Lipinski definition) is 4. The molecule has 1 saturated heterocycles. The van der Waals surface area contributed by atoms with Gasteiger partial charge in [0.1, 0.15) is 0 Å². The number of carbonyl (C=O) groups excluding carboxylic acids is 2. The average molecular weight is 299 g/mol. The summed E-state index contributed by atoms with van der Waals surface area (Å²) in [7, 11) is 0. The van der Waals surface area contributed by atoms with Crippen LogP contribution in [-0.4, -0.2) is 16.7 Å². The number of imide groups is 1. The zero-order valence-corrected chi connectivity index (χ0v) is 10.1. The molecular weight excluding hydrogens is 292 g/mol. The molecule has 0 unspecified atom stereocenters. The monoisotopic (exact) mass is 298 g/mol. The van der Waals surface area contributed by atoms with Crippen molar-refractivity contribution in [1.82, 2.24) is 0 Å². The summed E-state index contributed by atoms with van der Waals surface area (Å²) in [6, 6.07) is 3.93. The Kier molecular flexibility index (Phi) is 2.93. The van der Waals surface area contributed by atoms with E-state index in [-0.39, 0.29) is 30.3 Å². The number of nitro groups is 1. The lowest BCUT2D eigenvalue weighted by Gasteiger charge is -2.15. The van der Waals surface area contributed by atoms with E-state index in [1.807, 2.05) is 0 Å². The number of non-ortho nitro benzene ring substituents is 1. The fraction of sp³-hybridized carbons (Fsp3) is 0.200. The molecule has 2 amide bonds. The van der Waals surface area contributed by atoms with E-state index in [1.165, 1.54) is 18.2 Å². The van der Waals surface area contributed by atoms with Crippen LogP contribution < -0.4 is 4.90 Å². The minimum atomic E-state index is -0.540. The molecule has 2 rings (SSSR count). The molecule has 1 aromatic rings. The Morgan fingerprint density at radius 2 is 1.82 bits per heavy atom. The van der Waals surface area contributed by atoms with Crippen molar-refractivity contribution in [2.24, 2.45) is 0 Å². The van der Waals surface area contributed by atoms with Crippen LogP contribution in [0.4, 0.5) is 11.4 Å². The van der Waals surface area contributed by atoms with Crippen LogP contribution in [0.25, 0.3) is 0 Å². The van der Waals surface area contributed by atoms with Gasteiger partial charge in [-0.05, 0) is 22.0 Å². The molecule has 1 heterocycles. The smallest absolute Gasteiger partial charge is 0.270 e. The number of carbonyl (C=O) groups is 2. The van der Waals surface area contributed by atoms with Crippen LogP contribution in [-0.2, 0) is 9.59 Å². The van der Waals surface area contributed by atoms with Crippen LogP contribution in [0.15, 0.2) is 22.7 Å². The molecule has 0 atom stereocenters. The maximum Gasteiger partial charge on any atom is 0.270 e. The maximum atomic E-state index is 11.5. The molecule has 88 valence electrons. The minimum Gasteiger partial charge on any atom is -0.274 e. The molecule has 1 aliphatic heterocycles. The third-order valence-electron chi connectivity index (χ3n) is 2.43. The van der Waals surface area contributed by atoms with Crippen LogP contribution in [0.5, 0.6) is 0 Å². The van der Waals surface area contributed by atoms with E-state index in [9.17, 15) is 19.7 Å². The molecule has 0 spiro atoms. The van der Waals surface area contributed by atoms with E-state index in [0.717, 1.165) is 4.90 Å². The molecular formula is C10H7BrN2O4. The van der Waals surface area contributed by atoms with Crippen molar-refractivity contribution in [3.63, 3.8) is 0 Å². The Labute approximate surface area is 104 Å². The molecule has 0 aliphatic carbocycles. The van der Waals surface area contributed by atoms with Gasteiger partial charge in [-0.3, -0.25) is 19.7 Å². The molecule has 17 heavy (non-hydrogen) atoms. The van der Waals surface area contributed by atoms with E-state index in [2.05, 4.69) is 15.9 Å². The number of nitrogens with zero attached hydrogens (tertiary/aromatic N) is 2. The largest absolute Gasteiger partial charge is 0.274 e. The lowest BCUT2D eigenvalue weighted by molar-refractivity contribution is -0.384. The summed E-state index contributed by atoms with van der Waals surface area (Å²) >= 11 is 3.13. The van der Waals surface area contributed by atoms with E-state index in [4.69, 9.17) is 0 Å². The number of benzene rings is 1. The van der Waals surface area contributed by atoms with Crippen molar-refractivity contribution >= 4 is 39.1 Å². The van der Waals surface area contributed by atoms with Crippen molar-refractivity contribution in [3.8, 4) is 0 Å². The number of rotatable bonds is 2. The topological polar surface area (TPSA) is 80.5 Å². The highest BCUT2D eigenvalue weighted by Crippen LogP contribution is 2.33. The van der Waals surface area contributed by atoms with Gasteiger partial charge in [0.15, 0.2) is 0 Å². The average Bonchev–Trinajstić information content (AvgIpc) is 2.59. The first kappa shape index (κ1) is 11.7. The molecule has 1 aliphatic rings. The zero-order valence-electron chi connectivity index (χ0n) is 8.55. The van der Waals surface area contributed by atoms with E-state index >= 15 is 0 Å². The zero-order chi connectivity index (χ0) is 12.6. The van der Waals surface area contributed by atoms with Gasteiger partial charge >= 0.3 is 0 Å². The summed E-state index contributed by atoms with van der Waals surface area (Å²) in [5, 5.41) is 10.6. The molecule has 0 bridgehead atoms. The summed E-state index contributed by atoms with van der Waals surface area (Å²) in [4.78, 5) is 34.1. The predicted molar refractivity (Wildman–Crippen MR) is 62.5 cm³/mol. The van der Waals surface area contributed by atoms with Gasteiger partial charge in [0.05, 0.1) is 10.6 Å². The van der Waals surface area contributed by atoms with E-state index in [1.54, 1.807) is 0 Å². The number of halogens is 1. The highest BCUT2D eigenvalue weighted by molar-refractivity contribution is 9.10. The minimum absolute atomic E-state index is 0.0975. The number of amides is 2. The molecule has 0 saturated carbocycles. The highest BCUT2D eigenvalue weighted by Gasteiger charge is 2.31. The van der Waals surface area contributed by atoms with Crippen molar-refractivity contribution in [3.05, 3.63) is 32.8 Å². The van der Waals surface area contributed by atoms with Crippen LogP contribution in [0.1, 0.15) is 12.8 Å². The van der Waals surface area contributed by atoms with Gasteiger partial charge in [0.2, 0.25) is 11.8 Å². The third kappa shape index (κ3) is 2.05. The van der Waals surface area contributed by atoms with Gasteiger partial charge in [-0.25, -0.2) is 4.90 Å². The number of hydrogen-bond donors (Lipinski definition) is 0. The molecule has 6 nitrogen and oxygen atoms in total. The standard InChI is InChI=1S/C10H7BrN2O4/c11-7-5-6(13(16)17)1-2-8(7)12-9(14)3-4-10(12)15/h1-2,5H,3-4H2. The Morgan fingerprint density at radius 3 is 2.29 bits per heavy atom. The van der Waals surface area contributed by atoms with Crippen molar-refractivity contribution < 1.29 is 14.5 Å². The second-order valence-electron chi connectivity index (χ2n) is 3.52. The summed E-state index contributed by atoms with van der Waals surface area (Å²) in [5.74, 6) is -0.575. The Balaban J connectivity index is 2.43. The van der Waals surface area contributed by atoms with Gasteiger partial charge in [-0.1, -0.05) is 0 Å². The fourth-order valence-electron chi connectivity index (χ4n) is 1.64.